The minimum absolute atomic E-state index is 0.0827. The van der Waals surface area contributed by atoms with Crippen molar-refractivity contribution < 1.29 is 22.7 Å². The molecular weight excluding hydrogens is 347 g/mol. The van der Waals surface area contributed by atoms with Gasteiger partial charge in [-0.3, -0.25) is 4.79 Å². The van der Waals surface area contributed by atoms with E-state index in [0.29, 0.717) is 0 Å². The van der Waals surface area contributed by atoms with Crippen molar-refractivity contribution in [2.24, 2.45) is 0 Å². The van der Waals surface area contributed by atoms with Crippen molar-refractivity contribution in [3.8, 4) is 6.07 Å². The van der Waals surface area contributed by atoms with E-state index in [1.54, 1.807) is 0 Å². The molecular formula is C11H7BrF3NO2S. The van der Waals surface area contributed by atoms with E-state index in [0.717, 1.165) is 7.11 Å². The second-order valence-electron chi connectivity index (χ2n) is 3.32. The average Bonchev–Trinajstić information content (AvgIpc) is 2.32. The van der Waals surface area contributed by atoms with Crippen molar-refractivity contribution in [1.82, 2.24) is 0 Å². The van der Waals surface area contributed by atoms with Crippen molar-refractivity contribution in [1.29, 1.82) is 5.26 Å². The summed E-state index contributed by atoms with van der Waals surface area (Å²) in [4.78, 5) is 11.1. The van der Waals surface area contributed by atoms with Crippen LogP contribution in [0.2, 0.25) is 0 Å². The van der Waals surface area contributed by atoms with Gasteiger partial charge in [-0.2, -0.15) is 18.4 Å². The van der Waals surface area contributed by atoms with Gasteiger partial charge in [0.15, 0.2) is 0 Å². The monoisotopic (exact) mass is 353 g/mol. The molecule has 1 rings (SSSR count). The number of rotatable bonds is 3. The molecule has 102 valence electrons. The Morgan fingerprint density at radius 3 is 2.63 bits per heavy atom. The third kappa shape index (κ3) is 4.44. The van der Waals surface area contributed by atoms with Crippen LogP contribution in [-0.2, 0) is 16.0 Å². The molecule has 19 heavy (non-hydrogen) atoms. The molecule has 1 aromatic rings. The number of hydrogen-bond donors (Lipinski definition) is 0. The van der Waals surface area contributed by atoms with Crippen LogP contribution in [0, 0.1) is 11.3 Å². The predicted molar refractivity (Wildman–Crippen MR) is 66.5 cm³/mol. The fourth-order valence-corrected chi connectivity index (χ4v) is 2.62. The highest BCUT2D eigenvalue weighted by Crippen LogP contribution is 2.42. The summed E-state index contributed by atoms with van der Waals surface area (Å²) in [6, 6.07) is 4.26. The van der Waals surface area contributed by atoms with Gasteiger partial charge < -0.3 is 4.74 Å². The molecule has 0 fully saturated rings. The maximum atomic E-state index is 12.3. The lowest BCUT2D eigenvalue weighted by atomic mass is 10.1. The Hall–Kier alpha value is -1.20. The molecule has 0 radical (unpaired) electrons. The van der Waals surface area contributed by atoms with E-state index < -0.39 is 11.5 Å². The molecule has 0 aliphatic carbocycles. The summed E-state index contributed by atoms with van der Waals surface area (Å²) >= 11 is 2.69. The molecule has 0 N–H and O–H groups in total. The number of benzene rings is 1. The first-order chi connectivity index (χ1) is 8.78. The van der Waals surface area contributed by atoms with Crippen molar-refractivity contribution in [3.05, 3.63) is 27.7 Å². The third-order valence-corrected chi connectivity index (χ3v) is 4.06. The highest BCUT2D eigenvalue weighted by atomic mass is 79.9. The number of methoxy groups -OCH3 is 1. The molecule has 0 aliphatic rings. The fourth-order valence-electron chi connectivity index (χ4n) is 1.30. The molecule has 0 bridgehead atoms. The molecule has 0 amide bonds. The van der Waals surface area contributed by atoms with Crippen molar-refractivity contribution >= 4 is 33.7 Å². The zero-order chi connectivity index (χ0) is 14.6. The molecule has 0 atom stereocenters. The summed E-state index contributed by atoms with van der Waals surface area (Å²) in [6.07, 6.45) is -0.272. The lowest BCUT2D eigenvalue weighted by Crippen LogP contribution is -2.08. The lowest BCUT2D eigenvalue weighted by Gasteiger charge is -2.12. The highest BCUT2D eigenvalue weighted by molar-refractivity contribution is 9.10. The number of alkyl halides is 3. The molecule has 3 nitrogen and oxygen atoms in total. The van der Waals surface area contributed by atoms with E-state index in [1.165, 1.54) is 12.1 Å². The first kappa shape index (κ1) is 15.9. The van der Waals surface area contributed by atoms with Crippen LogP contribution in [0.1, 0.15) is 11.1 Å². The van der Waals surface area contributed by atoms with Crippen LogP contribution in [-0.4, -0.2) is 18.6 Å². The van der Waals surface area contributed by atoms with E-state index in [4.69, 9.17) is 5.26 Å². The van der Waals surface area contributed by atoms with Gasteiger partial charge in [0.05, 0.1) is 25.2 Å². The van der Waals surface area contributed by atoms with E-state index in [1.807, 2.05) is 6.07 Å². The molecule has 0 heterocycles. The van der Waals surface area contributed by atoms with Gasteiger partial charge in [0.1, 0.15) is 0 Å². The first-order valence-electron chi connectivity index (χ1n) is 4.82. The number of nitrogens with zero attached hydrogens (tertiary/aromatic N) is 1. The number of thioether (sulfide) groups is 1. The summed E-state index contributed by atoms with van der Waals surface area (Å²) < 4.78 is 41.6. The van der Waals surface area contributed by atoms with Gasteiger partial charge in [0.2, 0.25) is 0 Å². The Balaban J connectivity index is 3.23. The normalized spacial score (nSPS) is 10.9. The Kier molecular flexibility index (Phi) is 5.26. The van der Waals surface area contributed by atoms with Crippen LogP contribution in [0.4, 0.5) is 13.2 Å². The summed E-state index contributed by atoms with van der Waals surface area (Å²) in [7, 11) is 1.16. The van der Waals surface area contributed by atoms with Crippen molar-refractivity contribution in [2.45, 2.75) is 16.8 Å². The zero-order valence-electron chi connectivity index (χ0n) is 9.55. The number of halogens is 4. The summed E-state index contributed by atoms with van der Waals surface area (Å²) in [5, 5.41) is 8.90. The standard InChI is InChI=1S/C11H7BrF3NO2S/c1-18-9(17)4-7-6(5-16)2-3-8(10(7)12)19-11(13,14)15/h2-3H,4H2,1H3. The van der Waals surface area contributed by atoms with Gasteiger partial charge in [-0.1, -0.05) is 0 Å². The molecule has 0 spiro atoms. The molecule has 8 heteroatoms. The summed E-state index contributed by atoms with van der Waals surface area (Å²) in [5.41, 5.74) is -4.13. The van der Waals surface area contributed by atoms with Crippen LogP contribution in [0.25, 0.3) is 0 Å². The number of ether oxygens (including phenoxy) is 1. The molecule has 0 aliphatic heterocycles. The van der Waals surface area contributed by atoms with Gasteiger partial charge in [-0.15, -0.1) is 0 Å². The topological polar surface area (TPSA) is 50.1 Å². The molecule has 1 aromatic carbocycles. The highest BCUT2D eigenvalue weighted by Gasteiger charge is 2.31. The number of hydrogen-bond acceptors (Lipinski definition) is 4. The SMILES string of the molecule is COC(=O)Cc1c(C#N)ccc(SC(F)(F)F)c1Br. The van der Waals surface area contributed by atoms with E-state index >= 15 is 0 Å². The van der Waals surface area contributed by atoms with Gasteiger partial charge in [0, 0.05) is 9.37 Å². The number of carbonyl (C=O) groups excluding carboxylic acids is 1. The van der Waals surface area contributed by atoms with Crippen molar-refractivity contribution in [2.75, 3.05) is 7.11 Å². The second-order valence-corrected chi connectivity index (χ2v) is 5.22. The zero-order valence-corrected chi connectivity index (χ0v) is 11.9. The Morgan fingerprint density at radius 2 is 2.16 bits per heavy atom. The maximum absolute atomic E-state index is 12.3. The minimum atomic E-state index is -4.45. The second kappa shape index (κ2) is 6.30. The summed E-state index contributed by atoms with van der Waals surface area (Å²) in [5.74, 6) is -0.633. The lowest BCUT2D eigenvalue weighted by molar-refractivity contribution is -0.139. The van der Waals surface area contributed by atoms with Crippen molar-refractivity contribution in [3.63, 3.8) is 0 Å². The first-order valence-corrected chi connectivity index (χ1v) is 6.43. The van der Waals surface area contributed by atoms with Gasteiger partial charge in [0.25, 0.3) is 0 Å². The third-order valence-electron chi connectivity index (χ3n) is 2.10. The molecule has 0 saturated heterocycles. The number of esters is 1. The van der Waals surface area contributed by atoms with E-state index in [-0.39, 0.29) is 38.7 Å². The van der Waals surface area contributed by atoms with E-state index in [2.05, 4.69) is 20.7 Å². The van der Waals surface area contributed by atoms with Crippen LogP contribution in [0.3, 0.4) is 0 Å². The fraction of sp³-hybridized carbons (Fsp3) is 0.273. The smallest absolute Gasteiger partial charge is 0.446 e. The average molecular weight is 354 g/mol. The molecule has 0 saturated carbocycles. The van der Waals surface area contributed by atoms with Crippen LogP contribution >= 0.6 is 27.7 Å². The Morgan fingerprint density at radius 1 is 1.53 bits per heavy atom. The molecule has 0 unspecified atom stereocenters. The largest absolute Gasteiger partial charge is 0.469 e. The quantitative estimate of drug-likeness (QED) is 0.614. The van der Waals surface area contributed by atoms with Crippen LogP contribution in [0.5, 0.6) is 0 Å². The van der Waals surface area contributed by atoms with Gasteiger partial charge in [-0.05, 0) is 45.4 Å². The number of nitriles is 1. The maximum Gasteiger partial charge on any atom is 0.446 e. The molecule has 0 aromatic heterocycles. The Bertz CT molecular complexity index is 540. The number of carbonyl (C=O) groups is 1. The van der Waals surface area contributed by atoms with E-state index in [9.17, 15) is 18.0 Å². The van der Waals surface area contributed by atoms with Crippen LogP contribution < -0.4 is 0 Å². The Labute approximate surface area is 119 Å². The minimum Gasteiger partial charge on any atom is -0.469 e. The van der Waals surface area contributed by atoms with Crippen LogP contribution in [0.15, 0.2) is 21.5 Å². The predicted octanol–water partition coefficient (Wildman–Crippen LogP) is 3.65. The van der Waals surface area contributed by atoms with Gasteiger partial charge >= 0.3 is 11.5 Å². The summed E-state index contributed by atoms with van der Waals surface area (Å²) in [6.45, 7) is 0. The van der Waals surface area contributed by atoms with Gasteiger partial charge in [-0.25, -0.2) is 0 Å².